The topological polar surface area (TPSA) is 181 Å². The van der Waals surface area contributed by atoms with Crippen molar-refractivity contribution in [3.8, 4) is 5.69 Å². The first-order valence-corrected chi connectivity index (χ1v) is 10.4. The fourth-order valence-electron chi connectivity index (χ4n) is 3.44. The van der Waals surface area contributed by atoms with Crippen LogP contribution in [0.5, 0.6) is 0 Å². The van der Waals surface area contributed by atoms with Crippen LogP contribution < -0.4 is 16.3 Å². The summed E-state index contributed by atoms with van der Waals surface area (Å²) in [6, 6.07) is 9.93. The predicted octanol–water partition coefficient (Wildman–Crippen LogP) is 2.53. The maximum absolute atomic E-state index is 12.3. The summed E-state index contributed by atoms with van der Waals surface area (Å²) in [7, 11) is 0. The molecule has 4 aromatic rings. The van der Waals surface area contributed by atoms with Crippen molar-refractivity contribution in [2.24, 2.45) is 0 Å². The molecule has 2 aromatic heterocycles. The number of hydrogen-bond donors (Lipinski definition) is 4. The second kappa shape index (κ2) is 9.54. The molecule has 4 rings (SSSR count). The van der Waals surface area contributed by atoms with Crippen molar-refractivity contribution in [1.29, 1.82) is 0 Å². The number of nitrogens with zero attached hydrogens (tertiary/aromatic N) is 2. The second-order valence-corrected chi connectivity index (χ2v) is 7.70. The van der Waals surface area contributed by atoms with Gasteiger partial charge in [0.2, 0.25) is 5.69 Å². The van der Waals surface area contributed by atoms with Gasteiger partial charge < -0.3 is 24.5 Å². The minimum atomic E-state index is -1.46. The second-order valence-electron chi connectivity index (χ2n) is 7.70. The van der Waals surface area contributed by atoms with Crippen LogP contribution in [0.1, 0.15) is 32.0 Å². The summed E-state index contributed by atoms with van der Waals surface area (Å²) in [6.45, 7) is 1.41. The molecule has 4 N–H and O–H groups in total. The number of aryl methyl sites for hydroxylation is 1. The van der Waals surface area contributed by atoms with Gasteiger partial charge in [-0.25, -0.2) is 19.4 Å². The molecule has 2 heterocycles. The largest absolute Gasteiger partial charge is 0.478 e. The van der Waals surface area contributed by atoms with Gasteiger partial charge >= 0.3 is 18.0 Å². The molecule has 0 saturated heterocycles. The Morgan fingerprint density at radius 1 is 1.06 bits per heavy atom. The normalized spacial score (nSPS) is 10.7. The van der Waals surface area contributed by atoms with Crippen molar-refractivity contribution >= 4 is 34.8 Å². The van der Waals surface area contributed by atoms with Gasteiger partial charge in [-0.2, -0.15) is 0 Å². The molecule has 2 aromatic carbocycles. The highest BCUT2D eigenvalue weighted by atomic mass is 16.5. The van der Waals surface area contributed by atoms with Crippen molar-refractivity contribution in [3.05, 3.63) is 97.8 Å². The van der Waals surface area contributed by atoms with E-state index in [0.717, 1.165) is 0 Å². The van der Waals surface area contributed by atoms with Crippen molar-refractivity contribution in [1.82, 2.24) is 14.5 Å². The molecule has 0 bridgehead atoms. The Labute approximate surface area is 201 Å². The van der Waals surface area contributed by atoms with Gasteiger partial charge in [0, 0.05) is 24.1 Å². The molecule has 0 atom stereocenters. The number of fused-ring (bicyclic) bond motifs is 1. The number of aromatic nitrogens is 3. The lowest BCUT2D eigenvalue weighted by Gasteiger charge is -2.13. The highest BCUT2D eigenvalue weighted by Gasteiger charge is 2.14. The van der Waals surface area contributed by atoms with Gasteiger partial charge in [0.05, 0.1) is 27.8 Å². The van der Waals surface area contributed by atoms with E-state index in [-0.39, 0.29) is 28.7 Å². The quantitative estimate of drug-likeness (QED) is 0.316. The maximum atomic E-state index is 12.3. The van der Waals surface area contributed by atoms with Gasteiger partial charge in [0.25, 0.3) is 5.56 Å². The average molecular weight is 490 g/mol. The Balaban J connectivity index is 1.56. The summed E-state index contributed by atoms with van der Waals surface area (Å²) >= 11 is 0. The number of carboxylic acid groups (broad SMARTS) is 2. The Bertz CT molecular complexity index is 1640. The Morgan fingerprint density at radius 3 is 2.44 bits per heavy atom. The van der Waals surface area contributed by atoms with Crippen LogP contribution in [0, 0.1) is 6.92 Å². The Hall–Kier alpha value is -5.26. The van der Waals surface area contributed by atoms with E-state index in [9.17, 15) is 29.1 Å². The van der Waals surface area contributed by atoms with Gasteiger partial charge in [-0.15, -0.1) is 0 Å². The monoisotopic (exact) mass is 490 g/mol. The number of benzene rings is 2. The third-order valence-electron chi connectivity index (χ3n) is 5.23. The first kappa shape index (κ1) is 23.9. The van der Waals surface area contributed by atoms with Crippen LogP contribution in [0.4, 0.5) is 10.5 Å². The SMILES string of the molecule is Cc1cc2[nH]c(=O)c(C(=O)O)nc2cc1-n1ccc(=O)c(COC(=O)Nc2ccc(C(=O)O)cc2)c1. The van der Waals surface area contributed by atoms with Crippen LogP contribution in [-0.2, 0) is 11.3 Å². The van der Waals surface area contributed by atoms with Crippen LogP contribution in [0.15, 0.2) is 64.4 Å². The Kier molecular flexibility index (Phi) is 6.33. The molecule has 1 amide bonds. The zero-order valence-electron chi connectivity index (χ0n) is 18.6. The lowest BCUT2D eigenvalue weighted by atomic mass is 10.1. The van der Waals surface area contributed by atoms with E-state index < -0.39 is 29.3 Å². The summed E-state index contributed by atoms with van der Waals surface area (Å²) < 4.78 is 6.73. The van der Waals surface area contributed by atoms with Crippen LogP contribution in [-0.4, -0.2) is 42.8 Å². The van der Waals surface area contributed by atoms with Crippen molar-refractivity contribution in [2.75, 3.05) is 5.32 Å². The molecule has 182 valence electrons. The molecular formula is C24H18N4O8. The number of amides is 1. The van der Waals surface area contributed by atoms with Crippen molar-refractivity contribution in [3.63, 3.8) is 0 Å². The maximum Gasteiger partial charge on any atom is 0.411 e. The number of carboxylic acids is 2. The number of carbonyl (C=O) groups excluding carboxylic acids is 1. The van der Waals surface area contributed by atoms with Gasteiger partial charge in [0.15, 0.2) is 5.43 Å². The van der Waals surface area contributed by atoms with Crippen LogP contribution in [0.2, 0.25) is 0 Å². The van der Waals surface area contributed by atoms with E-state index >= 15 is 0 Å². The van der Waals surface area contributed by atoms with Crippen LogP contribution in [0.25, 0.3) is 16.7 Å². The number of anilines is 1. The summed E-state index contributed by atoms with van der Waals surface area (Å²) in [5.41, 5.74) is 0.533. The average Bonchev–Trinajstić information content (AvgIpc) is 2.83. The van der Waals surface area contributed by atoms with E-state index in [1.807, 2.05) is 0 Å². The summed E-state index contributed by atoms with van der Waals surface area (Å²) in [5.74, 6) is -2.56. The Morgan fingerprint density at radius 2 is 1.78 bits per heavy atom. The zero-order valence-corrected chi connectivity index (χ0v) is 18.6. The number of ether oxygens (including phenoxy) is 1. The summed E-state index contributed by atoms with van der Waals surface area (Å²) in [6.07, 6.45) is 2.12. The molecule has 36 heavy (non-hydrogen) atoms. The first-order valence-electron chi connectivity index (χ1n) is 10.4. The lowest BCUT2D eigenvalue weighted by molar-refractivity contribution is 0.0681. The standard InChI is InChI=1S/C24H18N4O8/c1-12-8-16-17(26-20(23(33)34)21(30)27-16)9-18(12)28-7-6-19(29)14(10-28)11-36-24(35)25-15-4-2-13(3-5-15)22(31)32/h2-10H,11H2,1H3,(H,25,35)(H,27,30)(H,31,32)(H,33,34). The van der Waals surface area contributed by atoms with Crippen molar-refractivity contribution in [2.45, 2.75) is 13.5 Å². The number of rotatable bonds is 6. The van der Waals surface area contributed by atoms with Gasteiger partial charge in [0.1, 0.15) is 6.61 Å². The van der Waals surface area contributed by atoms with Gasteiger partial charge in [-0.3, -0.25) is 14.9 Å². The number of aromatic carboxylic acids is 2. The third-order valence-corrected chi connectivity index (χ3v) is 5.23. The van der Waals surface area contributed by atoms with Crippen molar-refractivity contribution < 1.29 is 29.3 Å². The molecule has 0 fully saturated rings. The number of carbonyl (C=O) groups is 3. The molecule has 0 aliphatic rings. The highest BCUT2D eigenvalue weighted by molar-refractivity contribution is 5.90. The highest BCUT2D eigenvalue weighted by Crippen LogP contribution is 2.20. The minimum Gasteiger partial charge on any atom is -0.478 e. The molecule has 0 unspecified atom stereocenters. The zero-order chi connectivity index (χ0) is 26.0. The smallest absolute Gasteiger partial charge is 0.411 e. The molecule has 12 heteroatoms. The number of aromatic amines is 1. The van der Waals surface area contributed by atoms with E-state index in [1.165, 1.54) is 42.7 Å². The van der Waals surface area contributed by atoms with E-state index in [2.05, 4.69) is 15.3 Å². The number of pyridine rings is 1. The minimum absolute atomic E-state index is 0.0588. The number of hydrogen-bond acceptors (Lipinski definition) is 7. The molecule has 0 aliphatic heterocycles. The van der Waals surface area contributed by atoms with Gasteiger partial charge in [-0.05, 0) is 48.9 Å². The number of H-pyrrole nitrogens is 1. The van der Waals surface area contributed by atoms with E-state index in [4.69, 9.17) is 9.84 Å². The fourth-order valence-corrected chi connectivity index (χ4v) is 3.44. The fraction of sp³-hybridized carbons (Fsp3) is 0.0833. The molecule has 0 aliphatic carbocycles. The molecule has 0 saturated carbocycles. The van der Waals surface area contributed by atoms with E-state index in [0.29, 0.717) is 22.5 Å². The van der Waals surface area contributed by atoms with E-state index in [1.54, 1.807) is 23.6 Å². The third kappa shape index (κ3) is 4.97. The first-order chi connectivity index (χ1) is 17.1. The summed E-state index contributed by atoms with van der Waals surface area (Å²) in [4.78, 5) is 65.0. The van der Waals surface area contributed by atoms with Gasteiger partial charge in [-0.1, -0.05) is 0 Å². The predicted molar refractivity (Wildman–Crippen MR) is 127 cm³/mol. The molecule has 12 nitrogen and oxygen atoms in total. The van der Waals surface area contributed by atoms with Crippen LogP contribution >= 0.6 is 0 Å². The molecular weight excluding hydrogens is 472 g/mol. The lowest BCUT2D eigenvalue weighted by Crippen LogP contribution is -2.20. The summed E-state index contributed by atoms with van der Waals surface area (Å²) in [5, 5.41) is 20.5. The van der Waals surface area contributed by atoms with Crippen LogP contribution in [0.3, 0.4) is 0 Å². The molecule has 0 radical (unpaired) electrons. The molecule has 0 spiro atoms. The number of nitrogens with one attached hydrogen (secondary N) is 2.